The molecule has 3 rings (SSSR count). The molecule has 0 bridgehead atoms. The number of carbonyl (C=O) groups is 1. The summed E-state index contributed by atoms with van der Waals surface area (Å²) in [5.41, 5.74) is 1.92. The van der Waals surface area contributed by atoms with Crippen molar-refractivity contribution < 1.29 is 22.7 Å². The van der Waals surface area contributed by atoms with Crippen LogP contribution in [0.2, 0.25) is 0 Å². The van der Waals surface area contributed by atoms with Crippen LogP contribution in [0.3, 0.4) is 0 Å². The molecule has 0 aliphatic rings. The minimum Gasteiger partial charge on any atom is -0.493 e. The quantitative estimate of drug-likeness (QED) is 0.462. The maximum absolute atomic E-state index is 12.3. The maximum atomic E-state index is 12.3. The largest absolute Gasteiger partial charge is 0.493 e. The van der Waals surface area contributed by atoms with Crippen molar-refractivity contribution in [2.75, 3.05) is 26.1 Å². The number of nitrogens with one attached hydrogen (secondary N) is 2. The Hall–Kier alpha value is -3.02. The van der Waals surface area contributed by atoms with Crippen molar-refractivity contribution in [1.29, 1.82) is 0 Å². The van der Waals surface area contributed by atoms with Gasteiger partial charge in [-0.05, 0) is 36.8 Å². The molecule has 2 N–H and O–H groups in total. The van der Waals surface area contributed by atoms with Crippen LogP contribution in [-0.2, 0) is 21.2 Å². The van der Waals surface area contributed by atoms with Crippen molar-refractivity contribution in [2.45, 2.75) is 24.7 Å². The summed E-state index contributed by atoms with van der Waals surface area (Å²) in [7, 11) is -0.517. The summed E-state index contributed by atoms with van der Waals surface area (Å²) in [5, 5.41) is 11.8. The first-order valence-electron chi connectivity index (χ1n) is 9.70. The normalized spacial score (nSPS) is 11.2. The number of aryl methyl sites for hydroxylation is 1. The zero-order valence-corrected chi connectivity index (χ0v) is 19.5. The van der Waals surface area contributed by atoms with E-state index in [1.54, 1.807) is 26.4 Å². The molecule has 0 spiro atoms. The van der Waals surface area contributed by atoms with E-state index in [0.29, 0.717) is 28.1 Å². The van der Waals surface area contributed by atoms with Crippen molar-refractivity contribution >= 4 is 32.4 Å². The second kappa shape index (κ2) is 10.5. The van der Waals surface area contributed by atoms with Crippen molar-refractivity contribution in [2.24, 2.45) is 0 Å². The highest BCUT2D eigenvalue weighted by molar-refractivity contribution is 7.89. The number of anilines is 1. The Kier molecular flexibility index (Phi) is 7.78. The van der Waals surface area contributed by atoms with Gasteiger partial charge in [0.2, 0.25) is 21.1 Å². The number of sulfonamides is 1. The smallest absolute Gasteiger partial charge is 0.240 e. The van der Waals surface area contributed by atoms with Gasteiger partial charge in [-0.25, -0.2) is 13.1 Å². The predicted molar refractivity (Wildman–Crippen MR) is 122 cm³/mol. The van der Waals surface area contributed by atoms with E-state index >= 15 is 0 Å². The third kappa shape index (κ3) is 6.25. The number of amides is 1. The van der Waals surface area contributed by atoms with Gasteiger partial charge >= 0.3 is 0 Å². The zero-order valence-electron chi connectivity index (χ0n) is 17.9. The van der Waals surface area contributed by atoms with Crippen LogP contribution in [0.5, 0.6) is 11.5 Å². The molecule has 0 fully saturated rings. The lowest BCUT2D eigenvalue weighted by Gasteiger charge is -2.08. The van der Waals surface area contributed by atoms with Crippen molar-refractivity contribution in [3.8, 4) is 11.5 Å². The minimum atomic E-state index is -3.66. The molecule has 0 aliphatic carbocycles. The van der Waals surface area contributed by atoms with Crippen LogP contribution < -0.4 is 19.5 Å². The Bertz CT molecular complexity index is 1180. The highest BCUT2D eigenvalue weighted by Gasteiger charge is 2.15. The first-order valence-corrected chi connectivity index (χ1v) is 12.0. The molecule has 0 saturated carbocycles. The van der Waals surface area contributed by atoms with Crippen LogP contribution in [0.25, 0.3) is 0 Å². The average molecular weight is 477 g/mol. The molecule has 170 valence electrons. The molecule has 1 aromatic heterocycles. The summed E-state index contributed by atoms with van der Waals surface area (Å²) < 4.78 is 37.5. The third-order valence-corrected chi connectivity index (χ3v) is 6.81. The van der Waals surface area contributed by atoms with E-state index in [9.17, 15) is 13.2 Å². The van der Waals surface area contributed by atoms with Crippen LogP contribution in [0, 0.1) is 6.92 Å². The summed E-state index contributed by atoms with van der Waals surface area (Å²) >= 11 is 1.25. The van der Waals surface area contributed by atoms with Gasteiger partial charge in [0, 0.05) is 19.4 Å². The number of benzene rings is 2. The van der Waals surface area contributed by atoms with E-state index in [4.69, 9.17) is 9.47 Å². The summed E-state index contributed by atoms with van der Waals surface area (Å²) in [6.45, 7) is 1.85. The summed E-state index contributed by atoms with van der Waals surface area (Å²) in [6, 6.07) is 12.1. The van der Waals surface area contributed by atoms with E-state index < -0.39 is 10.0 Å². The first kappa shape index (κ1) is 23.6. The highest BCUT2D eigenvalue weighted by Crippen LogP contribution is 2.29. The molecule has 9 nitrogen and oxygen atoms in total. The lowest BCUT2D eigenvalue weighted by molar-refractivity contribution is -0.116. The number of carbonyl (C=O) groups excluding carboxylic acids is 1. The van der Waals surface area contributed by atoms with Gasteiger partial charge in [0.15, 0.2) is 11.5 Å². The van der Waals surface area contributed by atoms with E-state index in [1.807, 2.05) is 25.1 Å². The zero-order chi connectivity index (χ0) is 23.1. The molecule has 1 amide bonds. The van der Waals surface area contributed by atoms with Gasteiger partial charge in [0.1, 0.15) is 5.01 Å². The fourth-order valence-electron chi connectivity index (χ4n) is 2.82. The molecule has 0 atom stereocenters. The maximum Gasteiger partial charge on any atom is 0.240 e. The monoisotopic (exact) mass is 476 g/mol. The fourth-order valence-corrected chi connectivity index (χ4v) is 4.64. The molecule has 0 aliphatic heterocycles. The molecule has 0 unspecified atom stereocenters. The second-order valence-electron chi connectivity index (χ2n) is 6.88. The van der Waals surface area contributed by atoms with Crippen molar-refractivity contribution in [3.63, 3.8) is 0 Å². The molecule has 11 heteroatoms. The Balaban J connectivity index is 1.51. The number of rotatable bonds is 10. The van der Waals surface area contributed by atoms with E-state index in [-0.39, 0.29) is 23.8 Å². The van der Waals surface area contributed by atoms with Gasteiger partial charge in [-0.1, -0.05) is 35.1 Å². The van der Waals surface area contributed by atoms with Crippen molar-refractivity contribution in [3.05, 3.63) is 58.6 Å². The summed E-state index contributed by atoms with van der Waals surface area (Å²) in [6.07, 6.45) is 0.486. The van der Waals surface area contributed by atoms with Gasteiger partial charge in [-0.3, -0.25) is 4.79 Å². The lowest BCUT2D eigenvalue weighted by Crippen LogP contribution is -2.27. The average Bonchev–Trinajstić information content (AvgIpc) is 3.20. The standard InChI is InChI=1S/C21H24N4O5S2/c1-14-4-7-16(8-5-14)32(27,28)22-11-10-19(26)23-21-25-24-20(31-21)13-15-6-9-17(29-2)18(12-15)30-3/h4-9,12,22H,10-11,13H2,1-3H3,(H,23,25,26). The van der Waals surface area contributed by atoms with E-state index in [0.717, 1.165) is 11.1 Å². The van der Waals surface area contributed by atoms with Crippen molar-refractivity contribution in [1.82, 2.24) is 14.9 Å². The van der Waals surface area contributed by atoms with Gasteiger partial charge in [0.05, 0.1) is 19.1 Å². The number of aromatic nitrogens is 2. The van der Waals surface area contributed by atoms with Gasteiger partial charge in [-0.2, -0.15) is 0 Å². The number of methoxy groups -OCH3 is 2. The predicted octanol–water partition coefficient (Wildman–Crippen LogP) is 2.76. The molecule has 32 heavy (non-hydrogen) atoms. The lowest BCUT2D eigenvalue weighted by atomic mass is 10.1. The molecule has 0 radical (unpaired) electrons. The van der Waals surface area contributed by atoms with Crippen LogP contribution in [0.15, 0.2) is 47.4 Å². The SMILES string of the molecule is COc1ccc(Cc2nnc(NC(=O)CCNS(=O)(=O)c3ccc(C)cc3)s2)cc1OC. The van der Waals surface area contributed by atoms with Gasteiger partial charge in [0.25, 0.3) is 0 Å². The molecule has 0 saturated heterocycles. The number of hydrogen-bond donors (Lipinski definition) is 2. The van der Waals surface area contributed by atoms with Gasteiger partial charge in [-0.15, -0.1) is 10.2 Å². The number of hydrogen-bond acceptors (Lipinski definition) is 8. The van der Waals surface area contributed by atoms with Crippen LogP contribution in [0.1, 0.15) is 22.6 Å². The fraction of sp³-hybridized carbons (Fsp3) is 0.286. The Labute approximate surface area is 190 Å². The van der Waals surface area contributed by atoms with Crippen LogP contribution >= 0.6 is 11.3 Å². The topological polar surface area (TPSA) is 120 Å². The first-order chi connectivity index (χ1) is 15.3. The number of nitrogens with zero attached hydrogens (tertiary/aromatic N) is 2. The van der Waals surface area contributed by atoms with E-state index in [1.165, 1.54) is 23.5 Å². The molecule has 1 heterocycles. The van der Waals surface area contributed by atoms with Gasteiger partial charge < -0.3 is 14.8 Å². The highest BCUT2D eigenvalue weighted by atomic mass is 32.2. The van der Waals surface area contributed by atoms with Crippen LogP contribution in [-0.4, -0.2) is 45.3 Å². The molecular formula is C21H24N4O5S2. The Morgan fingerprint density at radius 1 is 1.03 bits per heavy atom. The summed E-state index contributed by atoms with van der Waals surface area (Å²) in [4.78, 5) is 12.3. The van der Waals surface area contributed by atoms with Crippen LogP contribution in [0.4, 0.5) is 5.13 Å². The summed E-state index contributed by atoms with van der Waals surface area (Å²) in [5.74, 6) is 0.904. The third-order valence-electron chi connectivity index (χ3n) is 4.49. The molecular weight excluding hydrogens is 452 g/mol. The Morgan fingerprint density at radius 3 is 2.44 bits per heavy atom. The number of ether oxygens (including phenoxy) is 2. The minimum absolute atomic E-state index is 0.0284. The Morgan fingerprint density at radius 2 is 1.75 bits per heavy atom. The second-order valence-corrected chi connectivity index (χ2v) is 9.71. The molecule has 3 aromatic rings. The van der Waals surface area contributed by atoms with E-state index in [2.05, 4.69) is 20.2 Å². The molecule has 2 aromatic carbocycles.